The number of rotatable bonds is 2. The third-order valence-electron chi connectivity index (χ3n) is 2.04. The van der Waals surface area contributed by atoms with Crippen LogP contribution in [0.1, 0.15) is 12.8 Å². The molecule has 4 heteroatoms. The van der Waals surface area contributed by atoms with Crippen LogP contribution in [0, 0.1) is 5.92 Å². The fourth-order valence-corrected chi connectivity index (χ4v) is 1.11. The van der Waals surface area contributed by atoms with Gasteiger partial charge in [0.2, 0.25) is 0 Å². The van der Waals surface area contributed by atoms with Crippen LogP contribution in [-0.4, -0.2) is 28.3 Å². The molecule has 10 heavy (non-hydrogen) atoms. The van der Waals surface area contributed by atoms with Crippen LogP contribution in [0.25, 0.3) is 0 Å². The number of aliphatic carboxylic acids is 1. The van der Waals surface area contributed by atoms with Crippen LogP contribution in [0.5, 0.6) is 0 Å². The summed E-state index contributed by atoms with van der Waals surface area (Å²) in [5, 5.41) is 17.4. The normalized spacial score (nSPS) is 34.6. The van der Waals surface area contributed by atoms with E-state index in [4.69, 9.17) is 15.9 Å². The van der Waals surface area contributed by atoms with Crippen LogP contribution in [0.4, 0.5) is 0 Å². The molecule has 0 amide bonds. The number of nitrogens with two attached hydrogens (primary N) is 1. The van der Waals surface area contributed by atoms with Crippen molar-refractivity contribution in [2.45, 2.75) is 25.0 Å². The molecular weight excluding hydrogens is 134 g/mol. The lowest BCUT2D eigenvalue weighted by molar-refractivity contribution is -0.143. The number of carboxylic acids is 1. The molecule has 0 aromatic rings. The van der Waals surface area contributed by atoms with Gasteiger partial charge in [0.25, 0.3) is 0 Å². The lowest BCUT2D eigenvalue weighted by atomic mass is 9.77. The van der Waals surface area contributed by atoms with Gasteiger partial charge in [0, 0.05) is 5.92 Å². The third kappa shape index (κ3) is 1.12. The van der Waals surface area contributed by atoms with Crippen molar-refractivity contribution < 1.29 is 15.0 Å². The molecule has 1 fully saturated rings. The molecule has 0 aliphatic heterocycles. The fraction of sp³-hybridized carbons (Fsp3) is 0.833. The molecule has 1 rings (SSSR count). The predicted octanol–water partition coefficient (Wildman–Crippen LogP) is -0.831. The van der Waals surface area contributed by atoms with E-state index in [0.29, 0.717) is 6.42 Å². The van der Waals surface area contributed by atoms with E-state index in [1.807, 2.05) is 0 Å². The van der Waals surface area contributed by atoms with Gasteiger partial charge in [0.1, 0.15) is 6.04 Å². The molecule has 0 saturated heterocycles. The summed E-state index contributed by atoms with van der Waals surface area (Å²) >= 11 is 0. The van der Waals surface area contributed by atoms with Gasteiger partial charge >= 0.3 is 5.97 Å². The summed E-state index contributed by atoms with van der Waals surface area (Å²) in [6, 6.07) is -0.885. The van der Waals surface area contributed by atoms with Gasteiger partial charge in [-0.3, -0.25) is 4.79 Å². The van der Waals surface area contributed by atoms with Crippen molar-refractivity contribution in [1.82, 2.24) is 0 Å². The lowest BCUT2D eigenvalue weighted by Gasteiger charge is -2.34. The highest BCUT2D eigenvalue weighted by Gasteiger charge is 2.37. The number of hydrogen-bond donors (Lipinski definition) is 3. The van der Waals surface area contributed by atoms with Crippen molar-refractivity contribution in [3.8, 4) is 0 Å². The maximum absolute atomic E-state index is 10.2. The first-order valence-corrected chi connectivity index (χ1v) is 3.29. The molecular formula is C6H11NO3. The first-order chi connectivity index (χ1) is 4.63. The van der Waals surface area contributed by atoms with E-state index in [1.54, 1.807) is 0 Å². The Bertz CT molecular complexity index is 148. The highest BCUT2D eigenvalue weighted by atomic mass is 16.4. The molecule has 1 aliphatic rings. The van der Waals surface area contributed by atoms with Crippen LogP contribution in [0.2, 0.25) is 0 Å². The van der Waals surface area contributed by atoms with Gasteiger partial charge in [-0.1, -0.05) is 0 Å². The molecule has 1 aliphatic carbocycles. The highest BCUT2D eigenvalue weighted by Crippen LogP contribution is 2.29. The zero-order valence-corrected chi connectivity index (χ0v) is 5.53. The molecule has 4 N–H and O–H groups in total. The minimum atomic E-state index is -1.02. The maximum Gasteiger partial charge on any atom is 0.320 e. The maximum atomic E-state index is 10.2. The Morgan fingerprint density at radius 2 is 2.20 bits per heavy atom. The summed E-state index contributed by atoms with van der Waals surface area (Å²) in [5.74, 6) is -1.25. The smallest absolute Gasteiger partial charge is 0.320 e. The predicted molar refractivity (Wildman–Crippen MR) is 34.3 cm³/mol. The van der Waals surface area contributed by atoms with E-state index >= 15 is 0 Å². The molecule has 2 unspecified atom stereocenters. The average Bonchev–Trinajstić information content (AvgIpc) is 1.84. The number of carbonyl (C=O) groups is 1. The van der Waals surface area contributed by atoms with Crippen molar-refractivity contribution in [3.05, 3.63) is 0 Å². The minimum absolute atomic E-state index is 0.225. The van der Waals surface area contributed by atoms with Crippen LogP contribution in [0.15, 0.2) is 0 Å². The first kappa shape index (κ1) is 7.50. The Labute approximate surface area is 58.6 Å². The second-order valence-corrected chi connectivity index (χ2v) is 2.67. The van der Waals surface area contributed by atoms with Crippen molar-refractivity contribution in [2.24, 2.45) is 11.7 Å². The van der Waals surface area contributed by atoms with Crippen LogP contribution in [0.3, 0.4) is 0 Å². The summed E-state index contributed by atoms with van der Waals surface area (Å²) in [6.07, 6.45) is 0.923. The standard InChI is InChI=1S/C6H11NO3/c7-5(6(9)10)3-1-2-4(3)8/h3-5,8H,1-2,7H2,(H,9,10)/t3?,4?,5-/m0/s1. The fourth-order valence-electron chi connectivity index (χ4n) is 1.11. The SMILES string of the molecule is N[C@H](C(=O)O)C1CCC1O. The van der Waals surface area contributed by atoms with Gasteiger partial charge in [0.15, 0.2) is 0 Å². The highest BCUT2D eigenvalue weighted by molar-refractivity contribution is 5.73. The monoisotopic (exact) mass is 145 g/mol. The van der Waals surface area contributed by atoms with Crippen LogP contribution < -0.4 is 5.73 Å². The number of aliphatic hydroxyl groups is 1. The van der Waals surface area contributed by atoms with Gasteiger partial charge < -0.3 is 15.9 Å². The van der Waals surface area contributed by atoms with Crippen LogP contribution >= 0.6 is 0 Å². The number of aliphatic hydroxyl groups excluding tert-OH is 1. The van der Waals surface area contributed by atoms with Crippen molar-refractivity contribution >= 4 is 5.97 Å². The van der Waals surface area contributed by atoms with E-state index in [2.05, 4.69) is 0 Å². The lowest BCUT2D eigenvalue weighted by Crippen LogP contribution is -2.48. The minimum Gasteiger partial charge on any atom is -0.480 e. The van der Waals surface area contributed by atoms with E-state index in [-0.39, 0.29) is 5.92 Å². The molecule has 3 atom stereocenters. The summed E-state index contributed by atoms with van der Waals surface area (Å²) in [4.78, 5) is 10.2. The third-order valence-corrected chi connectivity index (χ3v) is 2.04. The molecule has 4 nitrogen and oxygen atoms in total. The molecule has 0 aromatic heterocycles. The van der Waals surface area contributed by atoms with Crippen molar-refractivity contribution in [2.75, 3.05) is 0 Å². The molecule has 0 bridgehead atoms. The second-order valence-electron chi connectivity index (χ2n) is 2.67. The van der Waals surface area contributed by atoms with Crippen molar-refractivity contribution in [1.29, 1.82) is 0 Å². The Morgan fingerprint density at radius 3 is 2.30 bits per heavy atom. The average molecular weight is 145 g/mol. The summed E-state index contributed by atoms with van der Waals surface area (Å²) in [6.45, 7) is 0. The molecule has 0 heterocycles. The number of carboxylic acid groups (broad SMARTS) is 1. The Hall–Kier alpha value is -0.610. The Kier molecular flexibility index (Phi) is 1.92. The summed E-state index contributed by atoms with van der Waals surface area (Å²) < 4.78 is 0. The van der Waals surface area contributed by atoms with Crippen molar-refractivity contribution in [3.63, 3.8) is 0 Å². The molecule has 0 radical (unpaired) electrons. The van der Waals surface area contributed by atoms with Crippen LogP contribution in [-0.2, 0) is 4.79 Å². The van der Waals surface area contributed by atoms with Gasteiger partial charge in [-0.15, -0.1) is 0 Å². The van der Waals surface area contributed by atoms with Gasteiger partial charge in [-0.05, 0) is 12.8 Å². The van der Waals surface area contributed by atoms with E-state index < -0.39 is 18.1 Å². The zero-order chi connectivity index (χ0) is 7.72. The topological polar surface area (TPSA) is 83.6 Å². The molecule has 1 saturated carbocycles. The Balaban J connectivity index is 2.41. The molecule has 0 spiro atoms. The van der Waals surface area contributed by atoms with E-state index in [1.165, 1.54) is 0 Å². The summed E-state index contributed by atoms with van der Waals surface area (Å²) in [5.41, 5.74) is 5.25. The number of hydrogen-bond acceptors (Lipinski definition) is 3. The second kappa shape index (κ2) is 2.56. The molecule has 0 aromatic carbocycles. The summed E-state index contributed by atoms with van der Waals surface area (Å²) in [7, 11) is 0. The largest absolute Gasteiger partial charge is 0.480 e. The molecule has 58 valence electrons. The van der Waals surface area contributed by atoms with Gasteiger partial charge in [-0.25, -0.2) is 0 Å². The first-order valence-electron chi connectivity index (χ1n) is 3.29. The quantitative estimate of drug-likeness (QED) is 0.473. The Morgan fingerprint density at radius 1 is 1.60 bits per heavy atom. The van der Waals surface area contributed by atoms with Gasteiger partial charge in [0.05, 0.1) is 6.10 Å². The van der Waals surface area contributed by atoms with E-state index in [0.717, 1.165) is 6.42 Å². The van der Waals surface area contributed by atoms with Gasteiger partial charge in [-0.2, -0.15) is 0 Å². The van der Waals surface area contributed by atoms with E-state index in [9.17, 15) is 4.79 Å². The zero-order valence-electron chi connectivity index (χ0n) is 5.53.